The summed E-state index contributed by atoms with van der Waals surface area (Å²) < 4.78 is 31.9. The van der Waals surface area contributed by atoms with Crippen LogP contribution in [0.3, 0.4) is 0 Å². The molecule has 1 aliphatic heterocycles. The molecule has 1 saturated heterocycles. The van der Waals surface area contributed by atoms with Gasteiger partial charge in [0, 0.05) is 18.8 Å². The van der Waals surface area contributed by atoms with Gasteiger partial charge in [0.15, 0.2) is 0 Å². The van der Waals surface area contributed by atoms with Crippen molar-refractivity contribution in [3.8, 4) is 0 Å². The number of nitrogens with zero attached hydrogens (tertiary/aromatic N) is 1. The van der Waals surface area contributed by atoms with Crippen LogP contribution in [0.1, 0.15) is 28.8 Å². The second kappa shape index (κ2) is 8.42. The summed E-state index contributed by atoms with van der Waals surface area (Å²) >= 11 is 1.17. The normalized spacial score (nSPS) is 17.9. The number of ether oxygens (including phenoxy) is 1. The molecule has 150 valence electrons. The molecule has 0 spiro atoms. The lowest BCUT2D eigenvalue weighted by Crippen LogP contribution is -2.43. The number of methoxy groups -OCH3 is 1. The first-order valence-corrected chi connectivity index (χ1v) is 11.2. The number of rotatable bonds is 5. The molecule has 2 aromatic rings. The summed E-state index contributed by atoms with van der Waals surface area (Å²) in [6.07, 6.45) is 1.22. The predicted molar refractivity (Wildman–Crippen MR) is 107 cm³/mol. The predicted octanol–water partition coefficient (Wildman–Crippen LogP) is 2.88. The van der Waals surface area contributed by atoms with E-state index in [9.17, 15) is 18.0 Å². The molecular formula is C19H22N2O5S2. The molecular weight excluding hydrogens is 400 g/mol. The highest BCUT2D eigenvalue weighted by molar-refractivity contribution is 7.91. The first-order chi connectivity index (χ1) is 13.3. The molecule has 0 radical (unpaired) electrons. The number of hydrogen-bond acceptors (Lipinski definition) is 6. The number of carbonyl (C=O) groups excluding carboxylic acids is 2. The Morgan fingerprint density at radius 2 is 2.07 bits per heavy atom. The largest absolute Gasteiger partial charge is 0.465 e. The molecule has 1 unspecified atom stereocenters. The maximum absolute atomic E-state index is 12.8. The highest BCUT2D eigenvalue weighted by Crippen LogP contribution is 2.27. The number of sulfonamides is 1. The number of piperidine rings is 1. The topological polar surface area (TPSA) is 92.8 Å². The van der Waals surface area contributed by atoms with Crippen LogP contribution in [0.25, 0.3) is 0 Å². The van der Waals surface area contributed by atoms with Crippen LogP contribution in [-0.2, 0) is 19.6 Å². The zero-order chi connectivity index (χ0) is 20.3. The van der Waals surface area contributed by atoms with Gasteiger partial charge in [-0.05, 0) is 48.9 Å². The fraction of sp³-hybridized carbons (Fsp3) is 0.368. The van der Waals surface area contributed by atoms with Gasteiger partial charge in [-0.25, -0.2) is 13.2 Å². The average Bonchev–Trinajstić information content (AvgIpc) is 3.25. The van der Waals surface area contributed by atoms with Crippen molar-refractivity contribution in [2.24, 2.45) is 5.92 Å². The molecule has 7 nitrogen and oxygen atoms in total. The molecule has 1 aromatic carbocycles. The number of anilines is 1. The number of aryl methyl sites for hydroxylation is 1. The van der Waals surface area contributed by atoms with Crippen molar-refractivity contribution >= 4 is 38.9 Å². The van der Waals surface area contributed by atoms with Gasteiger partial charge in [-0.1, -0.05) is 12.1 Å². The van der Waals surface area contributed by atoms with E-state index in [1.807, 2.05) is 6.92 Å². The standard InChI is InChI=1S/C19H22N2O5S2/c1-13-7-8-14(19(23)26-2)11-16(13)20-18(22)15-5-3-9-21(12-15)28(24,25)17-6-4-10-27-17/h4,6-8,10-11,15H,3,5,9,12H2,1-2H3,(H,20,22). The van der Waals surface area contributed by atoms with Gasteiger partial charge in [-0.3, -0.25) is 4.79 Å². The molecule has 1 atom stereocenters. The first kappa shape index (κ1) is 20.5. The Bertz CT molecular complexity index is 970. The fourth-order valence-electron chi connectivity index (χ4n) is 3.15. The highest BCUT2D eigenvalue weighted by atomic mass is 32.2. The fourth-order valence-corrected chi connectivity index (χ4v) is 5.82. The minimum Gasteiger partial charge on any atom is -0.465 e. The molecule has 0 saturated carbocycles. The number of nitrogens with one attached hydrogen (secondary N) is 1. The summed E-state index contributed by atoms with van der Waals surface area (Å²) in [7, 11) is -2.28. The van der Waals surface area contributed by atoms with Gasteiger partial charge in [0.05, 0.1) is 18.6 Å². The third kappa shape index (κ3) is 4.26. The number of carbonyl (C=O) groups is 2. The minimum absolute atomic E-state index is 0.141. The van der Waals surface area contributed by atoms with Crippen molar-refractivity contribution in [1.82, 2.24) is 4.31 Å². The monoisotopic (exact) mass is 422 g/mol. The smallest absolute Gasteiger partial charge is 0.337 e. The summed E-state index contributed by atoms with van der Waals surface area (Å²) in [5, 5.41) is 4.56. The van der Waals surface area contributed by atoms with Crippen molar-refractivity contribution in [3.05, 3.63) is 46.8 Å². The van der Waals surface area contributed by atoms with E-state index in [-0.39, 0.29) is 16.7 Å². The second-order valence-corrected chi connectivity index (χ2v) is 9.76. The zero-order valence-corrected chi connectivity index (χ0v) is 17.3. The van der Waals surface area contributed by atoms with Gasteiger partial charge in [-0.15, -0.1) is 11.3 Å². The van der Waals surface area contributed by atoms with E-state index in [1.54, 1.807) is 35.7 Å². The molecule has 1 aliphatic rings. The molecule has 1 aromatic heterocycles. The van der Waals surface area contributed by atoms with Crippen molar-refractivity contribution < 1.29 is 22.7 Å². The van der Waals surface area contributed by atoms with Gasteiger partial charge in [0.2, 0.25) is 5.91 Å². The third-order valence-corrected chi connectivity index (χ3v) is 8.00. The van der Waals surface area contributed by atoms with Crippen molar-refractivity contribution in [3.63, 3.8) is 0 Å². The van der Waals surface area contributed by atoms with Crippen LogP contribution in [0.2, 0.25) is 0 Å². The van der Waals surface area contributed by atoms with Crippen LogP contribution in [0.4, 0.5) is 5.69 Å². The number of benzene rings is 1. The van der Waals surface area contributed by atoms with E-state index in [0.29, 0.717) is 30.6 Å². The molecule has 9 heteroatoms. The summed E-state index contributed by atoms with van der Waals surface area (Å²) in [5.74, 6) is -1.19. The maximum Gasteiger partial charge on any atom is 0.337 e. The van der Waals surface area contributed by atoms with E-state index in [1.165, 1.54) is 22.8 Å². The molecule has 28 heavy (non-hydrogen) atoms. The second-order valence-electron chi connectivity index (χ2n) is 6.64. The molecule has 2 heterocycles. The van der Waals surface area contributed by atoms with Crippen molar-refractivity contribution in [1.29, 1.82) is 0 Å². The summed E-state index contributed by atoms with van der Waals surface area (Å²) in [6, 6.07) is 8.21. The lowest BCUT2D eigenvalue weighted by Gasteiger charge is -2.31. The number of amides is 1. The Morgan fingerprint density at radius 3 is 2.75 bits per heavy atom. The summed E-state index contributed by atoms with van der Waals surface area (Å²) in [4.78, 5) is 24.5. The van der Waals surface area contributed by atoms with Crippen LogP contribution in [0, 0.1) is 12.8 Å². The third-order valence-electron chi connectivity index (χ3n) is 4.76. The maximum atomic E-state index is 12.8. The highest BCUT2D eigenvalue weighted by Gasteiger charge is 2.34. The van der Waals surface area contributed by atoms with Crippen molar-refractivity contribution in [2.45, 2.75) is 24.0 Å². The van der Waals surface area contributed by atoms with E-state index in [0.717, 1.165) is 5.56 Å². The Hall–Kier alpha value is -2.23. The van der Waals surface area contributed by atoms with Gasteiger partial charge >= 0.3 is 5.97 Å². The van der Waals surface area contributed by atoms with Gasteiger partial charge in [-0.2, -0.15) is 4.31 Å². The van der Waals surface area contributed by atoms with E-state index >= 15 is 0 Å². The Morgan fingerprint density at radius 1 is 1.29 bits per heavy atom. The van der Waals surface area contributed by atoms with Gasteiger partial charge in [0.1, 0.15) is 4.21 Å². The van der Waals surface area contributed by atoms with E-state index in [4.69, 9.17) is 4.74 Å². The van der Waals surface area contributed by atoms with E-state index < -0.39 is 21.9 Å². The minimum atomic E-state index is -3.58. The average molecular weight is 423 g/mol. The van der Waals surface area contributed by atoms with Crippen LogP contribution < -0.4 is 5.32 Å². The number of hydrogen-bond donors (Lipinski definition) is 1. The van der Waals surface area contributed by atoms with Crippen LogP contribution in [0.15, 0.2) is 39.9 Å². The van der Waals surface area contributed by atoms with Crippen LogP contribution >= 0.6 is 11.3 Å². The first-order valence-electron chi connectivity index (χ1n) is 8.86. The Balaban J connectivity index is 1.74. The molecule has 1 fully saturated rings. The lowest BCUT2D eigenvalue weighted by molar-refractivity contribution is -0.120. The molecule has 0 bridgehead atoms. The molecule has 3 rings (SSSR count). The van der Waals surface area contributed by atoms with Gasteiger partial charge < -0.3 is 10.1 Å². The van der Waals surface area contributed by atoms with E-state index in [2.05, 4.69) is 5.32 Å². The SMILES string of the molecule is COC(=O)c1ccc(C)c(NC(=O)C2CCCN(S(=O)(=O)c3cccs3)C2)c1. The quantitative estimate of drug-likeness (QED) is 0.748. The van der Waals surface area contributed by atoms with Crippen molar-refractivity contribution in [2.75, 3.05) is 25.5 Å². The summed E-state index contributed by atoms with van der Waals surface area (Å²) in [6.45, 7) is 2.37. The Kier molecular flexibility index (Phi) is 6.17. The lowest BCUT2D eigenvalue weighted by atomic mass is 9.98. The Labute approximate surface area is 168 Å². The van der Waals surface area contributed by atoms with Crippen LogP contribution in [0.5, 0.6) is 0 Å². The molecule has 0 aliphatic carbocycles. The molecule has 1 amide bonds. The molecule has 1 N–H and O–H groups in total. The number of thiophene rings is 1. The van der Waals surface area contributed by atoms with Gasteiger partial charge in [0.25, 0.3) is 10.0 Å². The summed E-state index contributed by atoms with van der Waals surface area (Å²) in [5.41, 5.74) is 1.67. The van der Waals surface area contributed by atoms with Crippen LogP contribution in [-0.4, -0.2) is 44.8 Å². The number of esters is 1. The zero-order valence-electron chi connectivity index (χ0n) is 15.7.